The third kappa shape index (κ3) is 3.89. The Bertz CT molecular complexity index is 771. The summed E-state index contributed by atoms with van der Waals surface area (Å²) in [6, 6.07) is 7.44. The maximum Gasteiger partial charge on any atom is 0.262 e. The Labute approximate surface area is 157 Å². The van der Waals surface area contributed by atoms with Gasteiger partial charge in [0.05, 0.1) is 5.56 Å². The van der Waals surface area contributed by atoms with E-state index in [1.165, 1.54) is 11.3 Å². The minimum Gasteiger partial charge on any atom is -0.484 e. The van der Waals surface area contributed by atoms with Gasteiger partial charge in [-0.3, -0.25) is 9.59 Å². The van der Waals surface area contributed by atoms with E-state index in [9.17, 15) is 9.59 Å². The van der Waals surface area contributed by atoms with Crippen LogP contribution in [0.4, 0.5) is 5.00 Å². The predicted molar refractivity (Wildman–Crippen MR) is 103 cm³/mol. The number of primary amides is 1. The van der Waals surface area contributed by atoms with Crippen LogP contribution in [-0.2, 0) is 17.6 Å². The minimum atomic E-state index is -0.483. The molecule has 1 aromatic heterocycles. The molecule has 1 aliphatic rings. The number of nitrogens with two attached hydrogens (primary N) is 1. The number of hydrogen-bond donors (Lipinski definition) is 2. The molecule has 0 aliphatic heterocycles. The van der Waals surface area contributed by atoms with Gasteiger partial charge in [-0.25, -0.2) is 0 Å². The first kappa shape index (κ1) is 17.2. The molecule has 2 aromatic rings. The van der Waals surface area contributed by atoms with Gasteiger partial charge in [-0.2, -0.15) is 0 Å². The summed E-state index contributed by atoms with van der Waals surface area (Å²) >= 11 is 3.66. The zero-order valence-electron chi connectivity index (χ0n) is 12.9. The fourth-order valence-corrected chi connectivity index (χ4v) is 4.43. The van der Waals surface area contributed by atoms with Crippen LogP contribution in [0.1, 0.15) is 33.6 Å². The van der Waals surface area contributed by atoms with Crippen molar-refractivity contribution in [3.05, 3.63) is 43.8 Å². The molecule has 0 saturated heterocycles. The summed E-state index contributed by atoms with van der Waals surface area (Å²) in [5.41, 5.74) is 7.00. The number of benzene rings is 1. The summed E-state index contributed by atoms with van der Waals surface area (Å²) in [6.07, 6.45) is 3.94. The second kappa shape index (κ2) is 7.52. The molecule has 0 saturated carbocycles. The van der Waals surface area contributed by atoms with Gasteiger partial charge in [0.15, 0.2) is 6.61 Å². The molecular formula is C17H17IN2O3S. The van der Waals surface area contributed by atoms with Gasteiger partial charge >= 0.3 is 0 Å². The van der Waals surface area contributed by atoms with E-state index in [4.69, 9.17) is 10.5 Å². The van der Waals surface area contributed by atoms with E-state index in [0.29, 0.717) is 16.3 Å². The molecule has 0 radical (unpaired) electrons. The lowest BCUT2D eigenvalue weighted by Gasteiger charge is -2.11. The normalized spacial score (nSPS) is 13.2. The Balaban J connectivity index is 1.69. The average Bonchev–Trinajstić information content (AvgIpc) is 2.92. The van der Waals surface area contributed by atoms with Gasteiger partial charge in [0.2, 0.25) is 0 Å². The van der Waals surface area contributed by atoms with Crippen LogP contribution in [0, 0.1) is 3.57 Å². The van der Waals surface area contributed by atoms with Crippen molar-refractivity contribution >= 4 is 50.7 Å². The van der Waals surface area contributed by atoms with Gasteiger partial charge in [0.25, 0.3) is 11.8 Å². The summed E-state index contributed by atoms with van der Waals surface area (Å²) in [5, 5.41) is 3.33. The number of amides is 2. The predicted octanol–water partition coefficient (Wildman–Crippen LogP) is 3.35. The van der Waals surface area contributed by atoms with Gasteiger partial charge in [0.1, 0.15) is 10.8 Å². The van der Waals surface area contributed by atoms with Crippen LogP contribution < -0.4 is 15.8 Å². The van der Waals surface area contributed by atoms with Crippen LogP contribution in [-0.4, -0.2) is 18.4 Å². The molecule has 0 bridgehead atoms. The van der Waals surface area contributed by atoms with Crippen molar-refractivity contribution in [2.24, 2.45) is 5.73 Å². The fraction of sp³-hybridized carbons (Fsp3) is 0.294. The molecule has 5 nitrogen and oxygen atoms in total. The lowest BCUT2D eigenvalue weighted by molar-refractivity contribution is -0.118. The van der Waals surface area contributed by atoms with Crippen LogP contribution in [0.2, 0.25) is 0 Å². The SMILES string of the molecule is NC(=O)c1c(NC(=O)COc2ccc(I)cc2)sc2c1CCCC2. The number of carbonyl (C=O) groups excluding carboxylic acids is 2. The van der Waals surface area contributed by atoms with Crippen LogP contribution in [0.15, 0.2) is 24.3 Å². The van der Waals surface area contributed by atoms with Gasteiger partial charge in [0, 0.05) is 8.45 Å². The summed E-state index contributed by atoms with van der Waals surface area (Å²) in [7, 11) is 0. The van der Waals surface area contributed by atoms with Crippen LogP contribution in [0.25, 0.3) is 0 Å². The number of ether oxygens (including phenoxy) is 1. The van der Waals surface area contributed by atoms with Crippen molar-refractivity contribution in [1.29, 1.82) is 0 Å². The third-order valence-corrected chi connectivity index (χ3v) is 5.78. The molecule has 3 N–H and O–H groups in total. The van der Waals surface area contributed by atoms with Crippen molar-refractivity contribution in [1.82, 2.24) is 0 Å². The first-order chi connectivity index (χ1) is 11.5. The van der Waals surface area contributed by atoms with Crippen molar-refractivity contribution in [3.63, 3.8) is 0 Å². The molecule has 0 fully saturated rings. The van der Waals surface area contributed by atoms with E-state index in [1.807, 2.05) is 24.3 Å². The van der Waals surface area contributed by atoms with E-state index in [1.54, 1.807) is 0 Å². The molecule has 24 heavy (non-hydrogen) atoms. The van der Waals surface area contributed by atoms with E-state index >= 15 is 0 Å². The molecule has 2 amide bonds. The molecule has 1 heterocycles. The van der Waals surface area contributed by atoms with Crippen molar-refractivity contribution < 1.29 is 14.3 Å². The topological polar surface area (TPSA) is 81.4 Å². The summed E-state index contributed by atoms with van der Waals surface area (Å²) < 4.78 is 6.57. The maximum atomic E-state index is 12.2. The third-order valence-electron chi connectivity index (χ3n) is 3.85. The highest BCUT2D eigenvalue weighted by Gasteiger charge is 2.24. The number of anilines is 1. The standard InChI is InChI=1S/C17H17IN2O3S/c18-10-5-7-11(8-6-10)23-9-14(21)20-17-15(16(19)22)12-3-1-2-4-13(12)24-17/h5-8H,1-4,9H2,(H2,19,22)(H,20,21). The Morgan fingerprint density at radius 3 is 2.62 bits per heavy atom. The number of aryl methyl sites for hydroxylation is 1. The highest BCUT2D eigenvalue weighted by molar-refractivity contribution is 14.1. The molecule has 0 atom stereocenters. The Morgan fingerprint density at radius 1 is 1.21 bits per heavy atom. The van der Waals surface area contributed by atoms with Gasteiger partial charge in [-0.05, 0) is 78.1 Å². The first-order valence-corrected chi connectivity index (χ1v) is 9.56. The molecule has 1 aliphatic carbocycles. The summed E-state index contributed by atoms with van der Waals surface area (Å²) in [4.78, 5) is 25.1. The number of carbonyl (C=O) groups is 2. The van der Waals surface area contributed by atoms with E-state index < -0.39 is 5.91 Å². The smallest absolute Gasteiger partial charge is 0.262 e. The second-order valence-electron chi connectivity index (χ2n) is 5.57. The number of fused-ring (bicyclic) bond motifs is 1. The molecule has 7 heteroatoms. The summed E-state index contributed by atoms with van der Waals surface area (Å²) in [5.74, 6) is -0.149. The van der Waals surface area contributed by atoms with Gasteiger partial charge < -0.3 is 15.8 Å². The van der Waals surface area contributed by atoms with Crippen molar-refractivity contribution in [3.8, 4) is 5.75 Å². The monoisotopic (exact) mass is 456 g/mol. The van der Waals surface area contributed by atoms with E-state index in [2.05, 4.69) is 27.9 Å². The van der Waals surface area contributed by atoms with E-state index in [-0.39, 0.29) is 12.5 Å². The molecule has 1 aromatic carbocycles. The van der Waals surface area contributed by atoms with Crippen LogP contribution >= 0.6 is 33.9 Å². The number of hydrogen-bond acceptors (Lipinski definition) is 4. The minimum absolute atomic E-state index is 0.110. The Hall–Kier alpha value is -1.61. The first-order valence-electron chi connectivity index (χ1n) is 7.67. The van der Waals surface area contributed by atoms with Crippen molar-refractivity contribution in [2.75, 3.05) is 11.9 Å². The maximum absolute atomic E-state index is 12.2. The Kier molecular flexibility index (Phi) is 5.40. The van der Waals surface area contributed by atoms with Crippen LogP contribution in [0.5, 0.6) is 5.75 Å². The fourth-order valence-electron chi connectivity index (χ4n) is 2.76. The van der Waals surface area contributed by atoms with Gasteiger partial charge in [-0.15, -0.1) is 11.3 Å². The molecule has 0 spiro atoms. The lowest BCUT2D eigenvalue weighted by atomic mass is 9.95. The zero-order chi connectivity index (χ0) is 17.1. The quantitative estimate of drug-likeness (QED) is 0.678. The Morgan fingerprint density at radius 2 is 1.92 bits per heavy atom. The second-order valence-corrected chi connectivity index (χ2v) is 7.92. The summed E-state index contributed by atoms with van der Waals surface area (Å²) in [6.45, 7) is -0.110. The highest BCUT2D eigenvalue weighted by Crippen LogP contribution is 2.37. The van der Waals surface area contributed by atoms with Crippen molar-refractivity contribution in [2.45, 2.75) is 25.7 Å². The molecular weight excluding hydrogens is 439 g/mol. The van der Waals surface area contributed by atoms with E-state index in [0.717, 1.165) is 39.7 Å². The lowest BCUT2D eigenvalue weighted by Crippen LogP contribution is -2.22. The van der Waals surface area contributed by atoms with Gasteiger partial charge in [-0.1, -0.05) is 0 Å². The zero-order valence-corrected chi connectivity index (χ0v) is 15.9. The number of halogens is 1. The molecule has 3 rings (SSSR count). The number of nitrogens with one attached hydrogen (secondary N) is 1. The highest BCUT2D eigenvalue weighted by atomic mass is 127. The van der Waals surface area contributed by atoms with Crippen LogP contribution in [0.3, 0.4) is 0 Å². The molecule has 126 valence electrons. The number of rotatable bonds is 5. The molecule has 0 unspecified atom stereocenters. The largest absolute Gasteiger partial charge is 0.484 e. The number of thiophene rings is 1. The average molecular weight is 456 g/mol.